The van der Waals surface area contributed by atoms with Crippen molar-refractivity contribution in [1.82, 2.24) is 10.1 Å². The van der Waals surface area contributed by atoms with Crippen molar-refractivity contribution in [2.24, 2.45) is 5.92 Å². The number of rotatable bonds is 8. The molecule has 1 aliphatic heterocycles. The molecule has 9 heteroatoms. The summed E-state index contributed by atoms with van der Waals surface area (Å²) in [5, 5.41) is 13.2. The summed E-state index contributed by atoms with van der Waals surface area (Å²) in [5.74, 6) is -0.232. The fraction of sp³-hybridized carbons (Fsp3) is 0.448. The van der Waals surface area contributed by atoms with Crippen LogP contribution in [0.1, 0.15) is 78.1 Å². The molecule has 38 heavy (non-hydrogen) atoms. The summed E-state index contributed by atoms with van der Waals surface area (Å²) in [6.07, 6.45) is -0.337. The number of likely N-dealkylation sites (tertiary alicyclic amines) is 1. The van der Waals surface area contributed by atoms with Crippen LogP contribution in [0.2, 0.25) is 0 Å². The molecule has 3 aromatic rings. The number of carboxylic acid groups (broad SMARTS) is 1. The van der Waals surface area contributed by atoms with Crippen molar-refractivity contribution in [2.45, 2.75) is 63.8 Å². The van der Waals surface area contributed by atoms with Crippen molar-refractivity contribution in [3.05, 3.63) is 82.2 Å². The Labute approximate surface area is 219 Å². The number of ether oxygens (including phenoxy) is 1. The first-order valence-corrected chi connectivity index (χ1v) is 13.0. The Balaban J connectivity index is 1.36. The molecule has 0 radical (unpaired) electrons. The molecule has 1 aromatic heterocycles. The van der Waals surface area contributed by atoms with Gasteiger partial charge in [0.15, 0.2) is 0 Å². The zero-order valence-corrected chi connectivity index (χ0v) is 21.2. The summed E-state index contributed by atoms with van der Waals surface area (Å²) < 4.78 is 53.0. The number of aromatic nitrogens is 1. The fourth-order valence-corrected chi connectivity index (χ4v) is 5.66. The second kappa shape index (κ2) is 10.8. The molecule has 2 aromatic carbocycles. The molecule has 6 nitrogen and oxygen atoms in total. The van der Waals surface area contributed by atoms with E-state index in [1.807, 2.05) is 0 Å². The van der Waals surface area contributed by atoms with E-state index in [1.165, 1.54) is 12.3 Å². The topological polar surface area (TPSA) is 75.8 Å². The van der Waals surface area contributed by atoms with Crippen LogP contribution >= 0.6 is 0 Å². The van der Waals surface area contributed by atoms with Gasteiger partial charge in [-0.15, -0.1) is 0 Å². The molecule has 0 amide bonds. The van der Waals surface area contributed by atoms with Gasteiger partial charge in [-0.3, -0.25) is 9.69 Å². The van der Waals surface area contributed by atoms with Gasteiger partial charge in [-0.2, -0.15) is 13.2 Å². The number of nitrogens with zero attached hydrogens (tertiary/aromatic N) is 2. The van der Waals surface area contributed by atoms with Crippen LogP contribution in [-0.2, 0) is 23.9 Å². The third-order valence-electron chi connectivity index (χ3n) is 7.79. The van der Waals surface area contributed by atoms with Crippen molar-refractivity contribution in [2.75, 3.05) is 13.1 Å². The van der Waals surface area contributed by atoms with Crippen LogP contribution in [0.4, 0.5) is 13.2 Å². The molecule has 2 heterocycles. The molecule has 2 atom stereocenters. The molecule has 0 saturated carbocycles. The van der Waals surface area contributed by atoms with E-state index in [1.54, 1.807) is 36.4 Å². The predicted molar refractivity (Wildman–Crippen MR) is 134 cm³/mol. The molecule has 1 fully saturated rings. The lowest BCUT2D eigenvalue weighted by molar-refractivity contribution is -0.139. The molecule has 202 valence electrons. The number of halogens is 3. The number of carboxylic acids is 1. The maximum Gasteiger partial charge on any atom is 0.416 e. The second-order valence-corrected chi connectivity index (χ2v) is 10.4. The largest absolute Gasteiger partial charge is 0.486 e. The van der Waals surface area contributed by atoms with Crippen LogP contribution in [0.5, 0.6) is 5.75 Å². The van der Waals surface area contributed by atoms with Gasteiger partial charge in [-0.05, 0) is 85.1 Å². The van der Waals surface area contributed by atoms with Gasteiger partial charge >= 0.3 is 12.1 Å². The molecule has 0 bridgehead atoms. The number of benzene rings is 2. The van der Waals surface area contributed by atoms with E-state index in [2.05, 4.69) is 17.0 Å². The molecular formula is C29H31F3N2O4. The number of aliphatic carboxylic acids is 1. The smallest absolute Gasteiger partial charge is 0.416 e. The number of carbonyl (C=O) groups is 1. The maximum absolute atomic E-state index is 14.0. The number of fused-ring (bicyclic) bond motifs is 1. The lowest BCUT2D eigenvalue weighted by atomic mass is 9.92. The second-order valence-electron chi connectivity index (χ2n) is 10.4. The van der Waals surface area contributed by atoms with Gasteiger partial charge in [0.2, 0.25) is 0 Å². The average molecular weight is 529 g/mol. The molecule has 1 saturated heterocycles. The van der Waals surface area contributed by atoms with Crippen LogP contribution < -0.4 is 4.74 Å². The summed E-state index contributed by atoms with van der Waals surface area (Å²) in [6.45, 7) is 4.12. The normalized spacial score (nSPS) is 19.3. The maximum atomic E-state index is 14.0. The number of hydrogen-bond acceptors (Lipinski definition) is 5. The van der Waals surface area contributed by atoms with E-state index in [-0.39, 0.29) is 12.5 Å². The first-order chi connectivity index (χ1) is 18.2. The first kappa shape index (κ1) is 26.3. The summed E-state index contributed by atoms with van der Waals surface area (Å²) >= 11 is 0. The number of alkyl halides is 3. The fourth-order valence-electron chi connectivity index (χ4n) is 5.66. The van der Waals surface area contributed by atoms with E-state index in [0.717, 1.165) is 42.6 Å². The van der Waals surface area contributed by atoms with Crippen molar-refractivity contribution in [3.8, 4) is 5.75 Å². The third-order valence-corrected chi connectivity index (χ3v) is 7.79. The minimum Gasteiger partial charge on any atom is -0.486 e. The highest BCUT2D eigenvalue weighted by atomic mass is 19.4. The number of hydrogen-bond donors (Lipinski definition) is 1. The van der Waals surface area contributed by atoms with Gasteiger partial charge in [0.05, 0.1) is 17.7 Å². The molecule has 2 aliphatic rings. The summed E-state index contributed by atoms with van der Waals surface area (Å²) in [7, 11) is 0. The highest BCUT2D eigenvalue weighted by Gasteiger charge is 2.38. The minimum atomic E-state index is -4.40. The first-order valence-electron chi connectivity index (χ1n) is 13.0. The Morgan fingerprint density at radius 1 is 1.13 bits per heavy atom. The molecule has 0 unspecified atom stereocenters. The van der Waals surface area contributed by atoms with Gasteiger partial charge in [-0.25, -0.2) is 0 Å². The Hall–Kier alpha value is -3.33. The Bertz CT molecular complexity index is 1250. The quantitative estimate of drug-likeness (QED) is 0.355. The van der Waals surface area contributed by atoms with E-state index in [4.69, 9.17) is 9.26 Å². The van der Waals surface area contributed by atoms with E-state index in [0.29, 0.717) is 42.3 Å². The van der Waals surface area contributed by atoms with Gasteiger partial charge in [0.1, 0.15) is 18.1 Å². The average Bonchev–Trinajstić information content (AvgIpc) is 3.55. The van der Waals surface area contributed by atoms with Crippen molar-refractivity contribution >= 4 is 5.97 Å². The van der Waals surface area contributed by atoms with Crippen molar-refractivity contribution < 1.29 is 32.3 Å². The molecule has 5 rings (SSSR count). The molecule has 1 N–H and O–H groups in total. The van der Waals surface area contributed by atoms with E-state index in [9.17, 15) is 23.1 Å². The Morgan fingerprint density at radius 2 is 1.87 bits per heavy atom. The van der Waals surface area contributed by atoms with Crippen LogP contribution in [0.25, 0.3) is 0 Å². The highest BCUT2D eigenvalue weighted by molar-refractivity contribution is 5.69. The lowest BCUT2D eigenvalue weighted by Crippen LogP contribution is -2.33. The van der Waals surface area contributed by atoms with Crippen LogP contribution in [0.15, 0.2) is 53.3 Å². The lowest BCUT2D eigenvalue weighted by Gasteiger charge is -2.31. The van der Waals surface area contributed by atoms with Crippen LogP contribution in [0.3, 0.4) is 0 Å². The third kappa shape index (κ3) is 5.72. The number of piperidine rings is 1. The SMILES string of the molecule is CC1CCN(Cc2c(C(F)(F)F)ccc3c2CC[C@H]3Oc2ccc([C@H](CC(=O)O)c3ccon3)cc2)CC1. The Morgan fingerprint density at radius 3 is 2.50 bits per heavy atom. The van der Waals surface area contributed by atoms with Gasteiger partial charge in [-0.1, -0.05) is 30.3 Å². The van der Waals surface area contributed by atoms with Crippen molar-refractivity contribution in [1.29, 1.82) is 0 Å². The predicted octanol–water partition coefficient (Wildman–Crippen LogP) is 6.60. The zero-order chi connectivity index (χ0) is 26.9. The van der Waals surface area contributed by atoms with E-state index < -0.39 is 23.6 Å². The summed E-state index contributed by atoms with van der Waals surface area (Å²) in [4.78, 5) is 13.5. The van der Waals surface area contributed by atoms with Crippen LogP contribution in [-0.4, -0.2) is 34.2 Å². The summed E-state index contributed by atoms with van der Waals surface area (Å²) in [6, 6.07) is 11.5. The van der Waals surface area contributed by atoms with Gasteiger partial charge < -0.3 is 14.4 Å². The van der Waals surface area contributed by atoms with Gasteiger partial charge in [0, 0.05) is 18.5 Å². The standard InChI is InChI=1S/C29H31F3N2O4/c1-18-10-13-34(14-11-18)17-24-21-7-9-27(22(21)6-8-25(24)29(30,31)32)38-20-4-2-19(3-5-20)23(16-28(35)36)26-12-15-37-33-26/h2-6,8,12,15,18,23,27H,7,9-11,13-14,16-17H2,1H3,(H,35,36)/t23-,27+/m0/s1. The monoisotopic (exact) mass is 528 g/mol. The minimum absolute atomic E-state index is 0.136. The zero-order valence-electron chi connectivity index (χ0n) is 21.2. The molecular weight excluding hydrogens is 497 g/mol. The van der Waals surface area contributed by atoms with Crippen molar-refractivity contribution in [3.63, 3.8) is 0 Å². The van der Waals surface area contributed by atoms with Crippen LogP contribution in [0, 0.1) is 5.92 Å². The summed E-state index contributed by atoms with van der Waals surface area (Å²) in [5.41, 5.74) is 2.70. The highest BCUT2D eigenvalue weighted by Crippen LogP contribution is 2.43. The Kier molecular flexibility index (Phi) is 7.47. The molecule has 1 aliphatic carbocycles. The molecule has 0 spiro atoms. The van der Waals surface area contributed by atoms with Gasteiger partial charge in [0.25, 0.3) is 0 Å². The van der Waals surface area contributed by atoms with E-state index >= 15 is 0 Å².